The topological polar surface area (TPSA) is 70.6 Å². The van der Waals surface area contributed by atoms with Crippen LogP contribution in [0.1, 0.15) is 29.9 Å². The van der Waals surface area contributed by atoms with Crippen molar-refractivity contribution in [2.75, 3.05) is 13.1 Å². The molecular weight excluding hydrogens is 332 g/mol. The van der Waals surface area contributed by atoms with E-state index in [2.05, 4.69) is 35.2 Å². The van der Waals surface area contributed by atoms with Crippen LogP contribution in [0.15, 0.2) is 29.5 Å². The number of likely N-dealkylation sites (tertiary alicyclic amines) is 1. The van der Waals surface area contributed by atoms with E-state index in [9.17, 15) is 0 Å². The molecule has 130 valence electrons. The van der Waals surface area contributed by atoms with Crippen molar-refractivity contribution in [2.24, 2.45) is 5.92 Å². The molecule has 6 nitrogen and oxygen atoms in total. The van der Waals surface area contributed by atoms with Crippen LogP contribution in [0.5, 0.6) is 0 Å². The summed E-state index contributed by atoms with van der Waals surface area (Å²) in [4.78, 5) is 23.5. The highest BCUT2D eigenvalue weighted by atomic mass is 32.1. The van der Waals surface area contributed by atoms with Gasteiger partial charge in [-0.1, -0.05) is 0 Å². The van der Waals surface area contributed by atoms with Gasteiger partial charge in [-0.15, -0.1) is 11.3 Å². The van der Waals surface area contributed by atoms with Crippen LogP contribution in [0.2, 0.25) is 0 Å². The minimum atomic E-state index is 0.692. The van der Waals surface area contributed by atoms with E-state index < -0.39 is 0 Å². The van der Waals surface area contributed by atoms with Gasteiger partial charge in [-0.05, 0) is 45.2 Å². The first-order valence-corrected chi connectivity index (χ1v) is 9.63. The molecule has 0 radical (unpaired) electrons. The molecule has 3 aromatic heterocycles. The van der Waals surface area contributed by atoms with Gasteiger partial charge in [-0.2, -0.15) is 0 Å². The molecule has 0 unspecified atom stereocenters. The lowest BCUT2D eigenvalue weighted by atomic mass is 9.92. The zero-order valence-electron chi connectivity index (χ0n) is 14.4. The fourth-order valence-corrected chi connectivity index (χ4v) is 3.86. The van der Waals surface area contributed by atoms with Crippen LogP contribution in [0, 0.1) is 12.8 Å². The van der Waals surface area contributed by atoms with E-state index >= 15 is 0 Å². The first-order chi connectivity index (χ1) is 12.3. The minimum Gasteiger partial charge on any atom is -0.341 e. The number of rotatable bonds is 5. The van der Waals surface area contributed by atoms with E-state index in [4.69, 9.17) is 0 Å². The number of nitrogens with one attached hydrogen (secondary N) is 1. The Kier molecular flexibility index (Phi) is 4.85. The van der Waals surface area contributed by atoms with Crippen molar-refractivity contribution in [2.45, 2.75) is 32.7 Å². The van der Waals surface area contributed by atoms with E-state index in [1.165, 1.54) is 18.5 Å². The first kappa shape index (κ1) is 16.4. The standard InChI is InChI=1S/C18H22N6S/c1-13-7-21-18(23-13)17-9-19-15(8-20-17)6-14-2-4-24(5-3-14)10-16-11-25-12-22-16/h7-9,11-12,14H,2-6,10H2,1H3,(H,21,23). The summed E-state index contributed by atoms with van der Waals surface area (Å²) in [5.74, 6) is 1.48. The van der Waals surface area contributed by atoms with Crippen LogP contribution in [0.4, 0.5) is 0 Å². The maximum absolute atomic E-state index is 4.59. The minimum absolute atomic E-state index is 0.692. The van der Waals surface area contributed by atoms with Crippen molar-refractivity contribution in [3.8, 4) is 11.5 Å². The third kappa shape index (κ3) is 4.11. The molecule has 1 saturated heterocycles. The third-order valence-corrected chi connectivity index (χ3v) is 5.36. The number of imidazole rings is 1. The molecule has 0 bridgehead atoms. The number of thiazole rings is 1. The van der Waals surface area contributed by atoms with E-state index in [-0.39, 0.29) is 0 Å². The molecule has 0 aromatic carbocycles. The lowest BCUT2D eigenvalue weighted by Crippen LogP contribution is -2.34. The van der Waals surface area contributed by atoms with Gasteiger partial charge in [0.15, 0.2) is 5.82 Å². The molecule has 0 aliphatic carbocycles. The monoisotopic (exact) mass is 354 g/mol. The second-order valence-corrected chi connectivity index (χ2v) is 7.43. The third-order valence-electron chi connectivity index (χ3n) is 4.72. The van der Waals surface area contributed by atoms with Gasteiger partial charge in [0.2, 0.25) is 0 Å². The van der Waals surface area contributed by atoms with Crippen molar-refractivity contribution in [1.82, 2.24) is 29.8 Å². The van der Waals surface area contributed by atoms with Crippen LogP contribution in [0.25, 0.3) is 11.5 Å². The van der Waals surface area contributed by atoms with Crippen LogP contribution < -0.4 is 0 Å². The summed E-state index contributed by atoms with van der Waals surface area (Å²) in [6.07, 6.45) is 8.97. The van der Waals surface area contributed by atoms with Crippen LogP contribution in [-0.2, 0) is 13.0 Å². The van der Waals surface area contributed by atoms with Crippen LogP contribution in [0.3, 0.4) is 0 Å². The van der Waals surface area contributed by atoms with E-state index in [0.717, 1.165) is 49.0 Å². The molecule has 1 N–H and O–H groups in total. The fourth-order valence-electron chi connectivity index (χ4n) is 3.31. The average molecular weight is 354 g/mol. The second kappa shape index (κ2) is 7.41. The van der Waals surface area contributed by atoms with Crippen molar-refractivity contribution >= 4 is 11.3 Å². The fraction of sp³-hybridized carbons (Fsp3) is 0.444. The Bertz CT molecular complexity index is 787. The molecule has 4 heterocycles. The van der Waals surface area contributed by atoms with E-state index in [1.807, 2.05) is 31.0 Å². The van der Waals surface area contributed by atoms with E-state index in [1.54, 1.807) is 11.3 Å². The number of aryl methyl sites for hydroxylation is 1. The zero-order chi connectivity index (χ0) is 17.1. The number of aromatic nitrogens is 5. The van der Waals surface area contributed by atoms with Gasteiger partial charge in [-0.3, -0.25) is 9.88 Å². The Morgan fingerprint density at radius 3 is 2.60 bits per heavy atom. The molecule has 0 amide bonds. The number of nitrogens with zero attached hydrogens (tertiary/aromatic N) is 5. The van der Waals surface area contributed by atoms with Gasteiger partial charge in [-0.25, -0.2) is 15.0 Å². The van der Waals surface area contributed by atoms with Gasteiger partial charge >= 0.3 is 0 Å². The van der Waals surface area contributed by atoms with Crippen LogP contribution in [-0.4, -0.2) is 42.9 Å². The molecule has 1 aliphatic rings. The Morgan fingerprint density at radius 1 is 1.08 bits per heavy atom. The molecular formula is C18H22N6S. The van der Waals surface area contributed by atoms with Gasteiger partial charge in [0, 0.05) is 30.0 Å². The van der Waals surface area contributed by atoms with Crippen LogP contribution >= 0.6 is 11.3 Å². The smallest absolute Gasteiger partial charge is 0.157 e. The predicted molar refractivity (Wildman–Crippen MR) is 98.2 cm³/mol. The summed E-state index contributed by atoms with van der Waals surface area (Å²) >= 11 is 1.67. The molecule has 4 rings (SSSR count). The number of hydrogen-bond acceptors (Lipinski definition) is 6. The van der Waals surface area contributed by atoms with Crippen molar-refractivity contribution < 1.29 is 0 Å². The predicted octanol–water partition coefficient (Wildman–Crippen LogP) is 3.09. The number of piperidine rings is 1. The highest BCUT2D eigenvalue weighted by Gasteiger charge is 2.20. The molecule has 25 heavy (non-hydrogen) atoms. The summed E-state index contributed by atoms with van der Waals surface area (Å²) in [7, 11) is 0. The lowest BCUT2D eigenvalue weighted by molar-refractivity contribution is 0.175. The molecule has 0 saturated carbocycles. The Labute approximate surface area is 151 Å². The summed E-state index contributed by atoms with van der Waals surface area (Å²) in [6, 6.07) is 0. The highest BCUT2D eigenvalue weighted by Crippen LogP contribution is 2.22. The van der Waals surface area contributed by atoms with Gasteiger partial charge in [0.1, 0.15) is 5.69 Å². The van der Waals surface area contributed by atoms with Crippen molar-refractivity contribution in [3.05, 3.63) is 46.6 Å². The summed E-state index contributed by atoms with van der Waals surface area (Å²) < 4.78 is 0. The SMILES string of the molecule is Cc1cnc(-c2cnc(CC3CCN(Cc4cscn4)CC3)cn2)[nH]1. The quantitative estimate of drug-likeness (QED) is 0.762. The first-order valence-electron chi connectivity index (χ1n) is 8.68. The molecule has 1 aliphatic heterocycles. The van der Waals surface area contributed by atoms with Gasteiger partial charge in [0.25, 0.3) is 0 Å². The summed E-state index contributed by atoms with van der Waals surface area (Å²) in [5.41, 5.74) is 6.01. The van der Waals surface area contributed by atoms with Crippen molar-refractivity contribution in [3.63, 3.8) is 0 Å². The van der Waals surface area contributed by atoms with Crippen molar-refractivity contribution in [1.29, 1.82) is 0 Å². The Morgan fingerprint density at radius 2 is 1.96 bits per heavy atom. The normalized spacial score (nSPS) is 16.4. The second-order valence-electron chi connectivity index (χ2n) is 6.71. The number of H-pyrrole nitrogens is 1. The van der Waals surface area contributed by atoms with E-state index in [0.29, 0.717) is 5.92 Å². The molecule has 3 aromatic rings. The molecule has 7 heteroatoms. The highest BCUT2D eigenvalue weighted by molar-refractivity contribution is 7.07. The van der Waals surface area contributed by atoms with Gasteiger partial charge < -0.3 is 4.98 Å². The molecule has 0 spiro atoms. The van der Waals surface area contributed by atoms with Gasteiger partial charge in [0.05, 0.1) is 23.1 Å². The number of aromatic amines is 1. The molecule has 0 atom stereocenters. The summed E-state index contributed by atoms with van der Waals surface area (Å²) in [5, 5.41) is 2.14. The maximum Gasteiger partial charge on any atom is 0.157 e. The summed E-state index contributed by atoms with van der Waals surface area (Å²) in [6.45, 7) is 5.24. The Hall–Kier alpha value is -2.12. The zero-order valence-corrected chi connectivity index (χ0v) is 15.2. The largest absolute Gasteiger partial charge is 0.341 e. The Balaban J connectivity index is 1.29. The lowest BCUT2D eigenvalue weighted by Gasteiger charge is -2.31. The number of hydrogen-bond donors (Lipinski definition) is 1. The maximum atomic E-state index is 4.59. The molecule has 1 fully saturated rings. The average Bonchev–Trinajstić information content (AvgIpc) is 3.29.